The van der Waals surface area contributed by atoms with Crippen LogP contribution in [0.1, 0.15) is 16.1 Å². The summed E-state index contributed by atoms with van der Waals surface area (Å²) >= 11 is 1.66. The molecule has 2 aromatic rings. The van der Waals surface area contributed by atoms with Gasteiger partial charge in [0.1, 0.15) is 5.69 Å². The highest BCUT2D eigenvalue weighted by molar-refractivity contribution is 7.07. The number of carbonyl (C=O) groups excluding carboxylic acids is 1. The van der Waals surface area contributed by atoms with Crippen LogP contribution >= 0.6 is 11.3 Å². The van der Waals surface area contributed by atoms with Gasteiger partial charge in [0.05, 0.1) is 0 Å². The molecule has 0 bridgehead atoms. The Morgan fingerprint density at radius 2 is 2.44 bits per heavy atom. The number of hydrogen-bond donors (Lipinski definition) is 3. The maximum absolute atomic E-state index is 11.6. The zero-order valence-electron chi connectivity index (χ0n) is 8.69. The molecule has 5 heteroatoms. The number of carbonyl (C=O) groups is 1. The minimum absolute atomic E-state index is 0.119. The average molecular weight is 235 g/mol. The SMILES string of the molecule is Nc1c[nH]c(C(=O)NCCc2ccsc2)c1. The third-order valence-electron chi connectivity index (χ3n) is 2.23. The molecule has 4 nitrogen and oxygen atoms in total. The quantitative estimate of drug-likeness (QED) is 0.753. The molecule has 0 aliphatic rings. The minimum atomic E-state index is -0.119. The number of anilines is 1. The summed E-state index contributed by atoms with van der Waals surface area (Å²) in [5.74, 6) is -0.119. The fourth-order valence-corrected chi connectivity index (χ4v) is 2.10. The number of nitrogens with two attached hydrogens (primary N) is 1. The summed E-state index contributed by atoms with van der Waals surface area (Å²) in [6.07, 6.45) is 2.46. The van der Waals surface area contributed by atoms with Crippen molar-refractivity contribution < 1.29 is 4.79 Å². The van der Waals surface area contributed by atoms with Crippen LogP contribution in [-0.2, 0) is 6.42 Å². The normalized spacial score (nSPS) is 10.2. The van der Waals surface area contributed by atoms with Gasteiger partial charge in [0.25, 0.3) is 5.91 Å². The fraction of sp³-hybridized carbons (Fsp3) is 0.182. The first-order valence-corrected chi connectivity index (χ1v) is 5.93. The van der Waals surface area contributed by atoms with Crippen LogP contribution in [0, 0.1) is 0 Å². The Kier molecular flexibility index (Phi) is 3.26. The van der Waals surface area contributed by atoms with Crippen LogP contribution in [0.2, 0.25) is 0 Å². The molecule has 0 saturated heterocycles. The molecular weight excluding hydrogens is 222 g/mol. The number of aromatic nitrogens is 1. The van der Waals surface area contributed by atoms with Crippen LogP contribution < -0.4 is 11.1 Å². The summed E-state index contributed by atoms with van der Waals surface area (Å²) in [7, 11) is 0. The van der Waals surface area contributed by atoms with E-state index in [0.717, 1.165) is 6.42 Å². The Hall–Kier alpha value is -1.75. The molecule has 2 heterocycles. The summed E-state index contributed by atoms with van der Waals surface area (Å²) in [4.78, 5) is 14.4. The van der Waals surface area contributed by atoms with E-state index in [2.05, 4.69) is 21.7 Å². The van der Waals surface area contributed by atoms with E-state index in [1.807, 2.05) is 5.38 Å². The maximum atomic E-state index is 11.6. The second-order valence-corrected chi connectivity index (χ2v) is 4.26. The molecule has 0 spiro atoms. The van der Waals surface area contributed by atoms with Crippen molar-refractivity contribution in [1.29, 1.82) is 0 Å². The zero-order chi connectivity index (χ0) is 11.4. The van der Waals surface area contributed by atoms with E-state index in [9.17, 15) is 4.79 Å². The van der Waals surface area contributed by atoms with E-state index < -0.39 is 0 Å². The molecule has 0 aliphatic heterocycles. The average Bonchev–Trinajstić information content (AvgIpc) is 2.89. The number of nitrogen functional groups attached to an aromatic ring is 1. The van der Waals surface area contributed by atoms with E-state index in [0.29, 0.717) is 17.9 Å². The van der Waals surface area contributed by atoms with Crippen molar-refractivity contribution in [1.82, 2.24) is 10.3 Å². The number of rotatable bonds is 4. The number of H-pyrrole nitrogens is 1. The summed E-state index contributed by atoms with van der Waals surface area (Å²) in [5.41, 5.74) is 7.83. The lowest BCUT2D eigenvalue weighted by atomic mass is 10.2. The van der Waals surface area contributed by atoms with E-state index in [1.165, 1.54) is 5.56 Å². The van der Waals surface area contributed by atoms with E-state index in [1.54, 1.807) is 23.6 Å². The van der Waals surface area contributed by atoms with E-state index in [-0.39, 0.29) is 5.91 Å². The first-order valence-electron chi connectivity index (χ1n) is 4.99. The molecule has 4 N–H and O–H groups in total. The van der Waals surface area contributed by atoms with Crippen molar-refractivity contribution in [2.45, 2.75) is 6.42 Å². The van der Waals surface area contributed by atoms with Crippen LogP contribution in [0.25, 0.3) is 0 Å². The van der Waals surface area contributed by atoms with Gasteiger partial charge < -0.3 is 16.0 Å². The summed E-state index contributed by atoms with van der Waals surface area (Å²) in [6, 6.07) is 3.68. The third-order valence-corrected chi connectivity index (χ3v) is 2.96. The predicted molar refractivity (Wildman–Crippen MR) is 65.6 cm³/mol. The van der Waals surface area contributed by atoms with Crippen LogP contribution in [0.3, 0.4) is 0 Å². The Morgan fingerprint density at radius 1 is 1.56 bits per heavy atom. The number of aromatic amines is 1. The van der Waals surface area contributed by atoms with E-state index in [4.69, 9.17) is 5.73 Å². The molecule has 0 atom stereocenters. The van der Waals surface area contributed by atoms with Crippen molar-refractivity contribution in [2.75, 3.05) is 12.3 Å². The van der Waals surface area contributed by atoms with Crippen LogP contribution in [0.15, 0.2) is 29.1 Å². The topological polar surface area (TPSA) is 70.9 Å². The molecule has 0 radical (unpaired) electrons. The Balaban J connectivity index is 1.80. The third kappa shape index (κ3) is 2.64. The highest BCUT2D eigenvalue weighted by atomic mass is 32.1. The lowest BCUT2D eigenvalue weighted by molar-refractivity contribution is 0.0950. The fourth-order valence-electron chi connectivity index (χ4n) is 1.39. The smallest absolute Gasteiger partial charge is 0.267 e. The van der Waals surface area contributed by atoms with Crippen molar-refractivity contribution in [2.24, 2.45) is 0 Å². The molecule has 0 unspecified atom stereocenters. The van der Waals surface area contributed by atoms with Crippen molar-refractivity contribution in [3.8, 4) is 0 Å². The highest BCUT2D eigenvalue weighted by Gasteiger charge is 2.06. The highest BCUT2D eigenvalue weighted by Crippen LogP contribution is 2.06. The first kappa shape index (κ1) is 10.8. The Labute approximate surface area is 97.5 Å². The lowest BCUT2D eigenvalue weighted by Crippen LogP contribution is -2.25. The zero-order valence-corrected chi connectivity index (χ0v) is 9.51. The first-order chi connectivity index (χ1) is 7.75. The predicted octanol–water partition coefficient (Wildman–Crippen LogP) is 1.63. The van der Waals surface area contributed by atoms with Gasteiger partial charge >= 0.3 is 0 Å². The summed E-state index contributed by atoms with van der Waals surface area (Å²) < 4.78 is 0. The molecule has 84 valence electrons. The number of thiophene rings is 1. The Bertz CT molecular complexity index is 461. The molecule has 0 saturated carbocycles. The molecule has 0 aromatic carbocycles. The second kappa shape index (κ2) is 4.85. The van der Waals surface area contributed by atoms with E-state index >= 15 is 0 Å². The number of nitrogens with one attached hydrogen (secondary N) is 2. The molecule has 0 fully saturated rings. The van der Waals surface area contributed by atoms with Gasteiger partial charge in [-0.05, 0) is 34.9 Å². The van der Waals surface area contributed by atoms with Gasteiger partial charge in [-0.2, -0.15) is 11.3 Å². The molecule has 2 rings (SSSR count). The van der Waals surface area contributed by atoms with Crippen LogP contribution in [-0.4, -0.2) is 17.4 Å². The van der Waals surface area contributed by atoms with Crippen LogP contribution in [0.5, 0.6) is 0 Å². The van der Waals surface area contributed by atoms with Gasteiger partial charge in [-0.15, -0.1) is 0 Å². The lowest BCUT2D eigenvalue weighted by Gasteiger charge is -2.02. The van der Waals surface area contributed by atoms with Crippen molar-refractivity contribution in [3.05, 3.63) is 40.3 Å². The summed E-state index contributed by atoms with van der Waals surface area (Å²) in [5, 5.41) is 6.94. The molecule has 16 heavy (non-hydrogen) atoms. The molecular formula is C11H13N3OS. The summed E-state index contributed by atoms with van der Waals surface area (Å²) in [6.45, 7) is 0.633. The van der Waals surface area contributed by atoms with Gasteiger partial charge in [-0.1, -0.05) is 0 Å². The monoisotopic (exact) mass is 235 g/mol. The van der Waals surface area contributed by atoms with Gasteiger partial charge in [0, 0.05) is 18.4 Å². The van der Waals surface area contributed by atoms with Crippen molar-refractivity contribution in [3.63, 3.8) is 0 Å². The largest absolute Gasteiger partial charge is 0.397 e. The number of hydrogen-bond acceptors (Lipinski definition) is 3. The van der Waals surface area contributed by atoms with Crippen molar-refractivity contribution >= 4 is 22.9 Å². The standard InChI is InChI=1S/C11H13N3OS/c12-9-5-10(14-6-9)11(15)13-3-1-8-2-4-16-7-8/h2,4-7,14H,1,3,12H2,(H,13,15). The van der Waals surface area contributed by atoms with Gasteiger partial charge in [-0.3, -0.25) is 4.79 Å². The van der Waals surface area contributed by atoms with Crippen LogP contribution in [0.4, 0.5) is 5.69 Å². The molecule has 1 amide bonds. The Morgan fingerprint density at radius 3 is 3.06 bits per heavy atom. The maximum Gasteiger partial charge on any atom is 0.267 e. The second-order valence-electron chi connectivity index (χ2n) is 3.48. The molecule has 2 aromatic heterocycles. The minimum Gasteiger partial charge on any atom is -0.397 e. The molecule has 0 aliphatic carbocycles. The van der Waals surface area contributed by atoms with Gasteiger partial charge in [0.15, 0.2) is 0 Å². The van der Waals surface area contributed by atoms with Gasteiger partial charge in [0.2, 0.25) is 0 Å². The number of amides is 1. The van der Waals surface area contributed by atoms with Gasteiger partial charge in [-0.25, -0.2) is 0 Å².